The Bertz CT molecular complexity index is 517. The van der Waals surface area contributed by atoms with E-state index in [1.807, 2.05) is 18.2 Å². The summed E-state index contributed by atoms with van der Waals surface area (Å²) < 4.78 is 5.60. The minimum atomic E-state index is 0.415. The third kappa shape index (κ3) is 2.31. The minimum Gasteiger partial charge on any atom is -0.378 e. The van der Waals surface area contributed by atoms with E-state index in [0.29, 0.717) is 11.1 Å². The normalized spacial score (nSPS) is 20.2. The Kier molecular flexibility index (Phi) is 3.04. The van der Waals surface area contributed by atoms with Gasteiger partial charge in [-0.15, -0.1) is 0 Å². The van der Waals surface area contributed by atoms with Crippen LogP contribution in [0.4, 0.5) is 0 Å². The monoisotopic (exact) mass is 250 g/mol. The maximum atomic E-state index is 6.09. The average molecular weight is 251 g/mol. The molecule has 1 unspecified atom stereocenters. The van der Waals surface area contributed by atoms with Crippen LogP contribution >= 0.6 is 11.6 Å². The zero-order valence-electron chi connectivity index (χ0n) is 9.58. The van der Waals surface area contributed by atoms with Crippen LogP contribution in [0.5, 0.6) is 0 Å². The molecule has 17 heavy (non-hydrogen) atoms. The number of aromatic amines is 1. The van der Waals surface area contributed by atoms with Crippen LogP contribution in [0.3, 0.4) is 0 Å². The molecule has 0 aliphatic carbocycles. The van der Waals surface area contributed by atoms with Crippen molar-refractivity contribution in [3.63, 3.8) is 0 Å². The Labute approximate surface area is 105 Å². The van der Waals surface area contributed by atoms with Crippen molar-refractivity contribution in [2.75, 3.05) is 6.61 Å². The number of ether oxygens (including phenoxy) is 1. The summed E-state index contributed by atoms with van der Waals surface area (Å²) in [7, 11) is 0. The maximum absolute atomic E-state index is 6.09. The van der Waals surface area contributed by atoms with Gasteiger partial charge in [0.1, 0.15) is 11.3 Å². The van der Waals surface area contributed by atoms with Gasteiger partial charge in [0, 0.05) is 13.0 Å². The van der Waals surface area contributed by atoms with Crippen molar-refractivity contribution in [3.05, 3.63) is 29.0 Å². The van der Waals surface area contributed by atoms with Gasteiger partial charge < -0.3 is 9.72 Å². The summed E-state index contributed by atoms with van der Waals surface area (Å²) in [4.78, 5) is 7.84. The van der Waals surface area contributed by atoms with Gasteiger partial charge in [0.05, 0.1) is 16.6 Å². The predicted octanol–water partition coefficient (Wildman–Crippen LogP) is 3.33. The van der Waals surface area contributed by atoms with Crippen LogP contribution in [0.25, 0.3) is 11.0 Å². The fourth-order valence-electron chi connectivity index (χ4n) is 2.34. The van der Waals surface area contributed by atoms with Gasteiger partial charge in [-0.1, -0.05) is 17.7 Å². The van der Waals surface area contributed by atoms with Gasteiger partial charge in [-0.25, -0.2) is 4.98 Å². The number of hydrogen-bond donors (Lipinski definition) is 1. The maximum Gasteiger partial charge on any atom is 0.107 e. The number of aryl methyl sites for hydroxylation is 1. The van der Waals surface area contributed by atoms with Crippen LogP contribution in [0.15, 0.2) is 18.2 Å². The summed E-state index contributed by atoms with van der Waals surface area (Å²) in [5.74, 6) is 1.00. The summed E-state index contributed by atoms with van der Waals surface area (Å²) in [5, 5.41) is 0.710. The molecule has 0 radical (unpaired) electrons. The second kappa shape index (κ2) is 4.67. The largest absolute Gasteiger partial charge is 0.378 e. The van der Waals surface area contributed by atoms with Crippen LogP contribution in [0.2, 0.25) is 5.02 Å². The smallest absolute Gasteiger partial charge is 0.107 e. The number of halogens is 1. The fourth-order valence-corrected chi connectivity index (χ4v) is 2.55. The number of nitrogens with zero attached hydrogens (tertiary/aromatic N) is 1. The van der Waals surface area contributed by atoms with Crippen LogP contribution in [-0.2, 0) is 11.2 Å². The number of nitrogens with one attached hydrogen (secondary N) is 1. The van der Waals surface area contributed by atoms with Crippen molar-refractivity contribution >= 4 is 22.6 Å². The lowest BCUT2D eigenvalue weighted by Crippen LogP contribution is -2.06. The van der Waals surface area contributed by atoms with Crippen molar-refractivity contribution in [2.24, 2.45) is 0 Å². The number of hydrogen-bond acceptors (Lipinski definition) is 2. The average Bonchev–Trinajstić information content (AvgIpc) is 2.95. The standard InChI is InChI=1S/C13H15ClN2O/c14-10-4-1-5-11-13(10)16-12(15-11)7-6-9-3-2-8-17-9/h1,4-5,9H,2-3,6-8H2,(H,15,16). The van der Waals surface area contributed by atoms with E-state index in [1.165, 1.54) is 12.8 Å². The number of para-hydroxylation sites is 1. The Morgan fingerprint density at radius 1 is 1.47 bits per heavy atom. The molecule has 1 aliphatic rings. The Balaban J connectivity index is 1.74. The third-order valence-electron chi connectivity index (χ3n) is 3.24. The lowest BCUT2D eigenvalue weighted by molar-refractivity contribution is 0.104. The van der Waals surface area contributed by atoms with Crippen molar-refractivity contribution < 1.29 is 4.74 Å². The van der Waals surface area contributed by atoms with Crippen LogP contribution in [0, 0.1) is 0 Å². The van der Waals surface area contributed by atoms with Gasteiger partial charge in [-0.3, -0.25) is 0 Å². The molecule has 2 heterocycles. The van der Waals surface area contributed by atoms with E-state index in [9.17, 15) is 0 Å². The van der Waals surface area contributed by atoms with Crippen LogP contribution in [0.1, 0.15) is 25.1 Å². The number of aromatic nitrogens is 2. The quantitative estimate of drug-likeness (QED) is 0.907. The molecule has 1 aromatic carbocycles. The molecular formula is C13H15ClN2O. The highest BCUT2D eigenvalue weighted by Crippen LogP contribution is 2.22. The summed E-state index contributed by atoms with van der Waals surface area (Å²) in [6, 6.07) is 5.81. The highest BCUT2D eigenvalue weighted by atomic mass is 35.5. The van der Waals surface area contributed by atoms with E-state index in [2.05, 4.69) is 9.97 Å². The van der Waals surface area contributed by atoms with Crippen molar-refractivity contribution in [2.45, 2.75) is 31.8 Å². The summed E-state index contributed by atoms with van der Waals surface area (Å²) >= 11 is 6.09. The molecule has 3 rings (SSSR count). The van der Waals surface area contributed by atoms with E-state index in [1.54, 1.807) is 0 Å². The molecule has 1 atom stereocenters. The first kappa shape index (κ1) is 11.1. The summed E-state index contributed by atoms with van der Waals surface area (Å²) in [6.07, 6.45) is 4.75. The molecule has 1 fully saturated rings. The lowest BCUT2D eigenvalue weighted by atomic mass is 10.1. The van der Waals surface area contributed by atoms with Crippen LogP contribution in [-0.4, -0.2) is 22.7 Å². The van der Waals surface area contributed by atoms with E-state index in [-0.39, 0.29) is 0 Å². The van der Waals surface area contributed by atoms with Crippen molar-refractivity contribution in [1.82, 2.24) is 9.97 Å². The molecule has 1 saturated heterocycles. The second-order valence-electron chi connectivity index (χ2n) is 4.49. The highest BCUT2D eigenvalue weighted by molar-refractivity contribution is 6.34. The minimum absolute atomic E-state index is 0.415. The van der Waals surface area contributed by atoms with Gasteiger partial charge in [0.2, 0.25) is 0 Å². The first-order valence-electron chi connectivity index (χ1n) is 6.07. The molecule has 0 saturated carbocycles. The van der Waals surface area contributed by atoms with Crippen molar-refractivity contribution in [1.29, 1.82) is 0 Å². The van der Waals surface area contributed by atoms with Gasteiger partial charge >= 0.3 is 0 Å². The molecular weight excluding hydrogens is 236 g/mol. The first-order chi connectivity index (χ1) is 8.33. The molecule has 3 nitrogen and oxygen atoms in total. The first-order valence-corrected chi connectivity index (χ1v) is 6.45. The van der Waals surface area contributed by atoms with E-state index in [0.717, 1.165) is 36.3 Å². The predicted molar refractivity (Wildman–Crippen MR) is 68.4 cm³/mol. The van der Waals surface area contributed by atoms with E-state index in [4.69, 9.17) is 16.3 Å². The summed E-state index contributed by atoms with van der Waals surface area (Å²) in [6.45, 7) is 0.913. The summed E-state index contributed by atoms with van der Waals surface area (Å²) in [5.41, 5.74) is 1.89. The molecule has 2 aromatic rings. The van der Waals surface area contributed by atoms with Gasteiger partial charge in [-0.2, -0.15) is 0 Å². The molecule has 0 amide bonds. The molecule has 0 bridgehead atoms. The van der Waals surface area contributed by atoms with Crippen LogP contribution < -0.4 is 0 Å². The van der Waals surface area contributed by atoms with E-state index < -0.39 is 0 Å². The fraction of sp³-hybridized carbons (Fsp3) is 0.462. The Morgan fingerprint density at radius 2 is 2.41 bits per heavy atom. The van der Waals surface area contributed by atoms with Crippen molar-refractivity contribution in [3.8, 4) is 0 Å². The molecule has 1 aliphatic heterocycles. The van der Waals surface area contributed by atoms with E-state index >= 15 is 0 Å². The lowest BCUT2D eigenvalue weighted by Gasteiger charge is -2.06. The molecule has 4 heteroatoms. The molecule has 0 spiro atoms. The number of rotatable bonds is 3. The van der Waals surface area contributed by atoms with Gasteiger partial charge in [-0.05, 0) is 31.4 Å². The number of imidazole rings is 1. The van der Waals surface area contributed by atoms with Gasteiger partial charge in [0.25, 0.3) is 0 Å². The number of H-pyrrole nitrogens is 1. The Morgan fingerprint density at radius 3 is 3.18 bits per heavy atom. The molecule has 90 valence electrons. The van der Waals surface area contributed by atoms with Gasteiger partial charge in [0.15, 0.2) is 0 Å². The molecule has 1 aromatic heterocycles. The second-order valence-corrected chi connectivity index (χ2v) is 4.90. The zero-order chi connectivity index (χ0) is 11.7. The Hall–Kier alpha value is -1.06. The highest BCUT2D eigenvalue weighted by Gasteiger charge is 2.16. The number of benzene rings is 1. The zero-order valence-corrected chi connectivity index (χ0v) is 10.3. The topological polar surface area (TPSA) is 37.9 Å². The SMILES string of the molecule is Clc1cccc2[nH]c(CCC3CCCO3)nc12. The molecule has 1 N–H and O–H groups in total. The number of fused-ring (bicyclic) bond motifs is 1. The third-order valence-corrected chi connectivity index (χ3v) is 3.54.